The number of aromatic amines is 2. The van der Waals surface area contributed by atoms with Gasteiger partial charge in [0.1, 0.15) is 17.3 Å². The molecule has 1 aliphatic heterocycles. The summed E-state index contributed by atoms with van der Waals surface area (Å²) in [7, 11) is 0. The number of carbonyl (C=O) groups is 1. The highest BCUT2D eigenvalue weighted by atomic mass is 19.1. The molecule has 8 heteroatoms. The number of rotatable bonds is 3. The van der Waals surface area contributed by atoms with Crippen molar-refractivity contribution in [3.8, 4) is 11.3 Å². The lowest BCUT2D eigenvalue weighted by Gasteiger charge is -2.21. The molecule has 0 aliphatic carbocycles. The summed E-state index contributed by atoms with van der Waals surface area (Å²) in [4.78, 5) is 19.0. The molecular weight excluding hydrogens is 323 g/mol. The van der Waals surface area contributed by atoms with Crippen LogP contribution in [0.2, 0.25) is 0 Å². The minimum Gasteiger partial charge on any atom is -0.327 e. The Morgan fingerprint density at radius 2 is 2.04 bits per heavy atom. The second-order valence-corrected chi connectivity index (χ2v) is 6.11. The van der Waals surface area contributed by atoms with E-state index in [9.17, 15) is 9.18 Å². The summed E-state index contributed by atoms with van der Waals surface area (Å²) in [6.45, 7) is 2.49. The molecule has 1 aromatic carbocycles. The summed E-state index contributed by atoms with van der Waals surface area (Å²) >= 11 is 0. The van der Waals surface area contributed by atoms with E-state index in [1.165, 1.54) is 12.1 Å². The van der Waals surface area contributed by atoms with E-state index in [0.29, 0.717) is 23.8 Å². The number of aryl methyl sites for hydroxylation is 1. The zero-order chi connectivity index (χ0) is 17.4. The number of nitrogens with one attached hydrogen (secondary N) is 2. The Kier molecular flexibility index (Phi) is 3.79. The molecule has 1 fully saturated rings. The van der Waals surface area contributed by atoms with E-state index >= 15 is 0 Å². The third kappa shape index (κ3) is 2.90. The summed E-state index contributed by atoms with van der Waals surface area (Å²) in [5.74, 6) is 0.930. The Morgan fingerprint density at radius 3 is 2.76 bits per heavy atom. The predicted octanol–water partition coefficient (Wildman–Crippen LogP) is 2.62. The van der Waals surface area contributed by atoms with Gasteiger partial charge in [0.05, 0.1) is 11.7 Å². The average Bonchev–Trinajstić information content (AvgIpc) is 3.35. The van der Waals surface area contributed by atoms with Crippen molar-refractivity contribution in [1.82, 2.24) is 30.3 Å². The summed E-state index contributed by atoms with van der Waals surface area (Å²) in [6.07, 6.45) is 1.74. The van der Waals surface area contributed by atoms with Gasteiger partial charge in [0, 0.05) is 12.1 Å². The normalized spacial score (nSPS) is 17.2. The van der Waals surface area contributed by atoms with Gasteiger partial charge in [0.25, 0.3) is 5.91 Å². The molecule has 4 rings (SSSR count). The van der Waals surface area contributed by atoms with Crippen LogP contribution >= 0.6 is 0 Å². The molecule has 2 N–H and O–H groups in total. The van der Waals surface area contributed by atoms with Gasteiger partial charge in [-0.05, 0) is 50.1 Å². The van der Waals surface area contributed by atoms with E-state index in [2.05, 4.69) is 25.4 Å². The predicted molar refractivity (Wildman–Crippen MR) is 88.1 cm³/mol. The number of hydrogen-bond acceptors (Lipinski definition) is 4. The Morgan fingerprint density at radius 1 is 1.24 bits per heavy atom. The van der Waals surface area contributed by atoms with Crippen LogP contribution in [0.25, 0.3) is 11.3 Å². The summed E-state index contributed by atoms with van der Waals surface area (Å²) < 4.78 is 13.0. The molecule has 1 unspecified atom stereocenters. The quantitative estimate of drug-likeness (QED) is 0.767. The molecule has 0 saturated carbocycles. The number of nitrogens with zero attached hydrogens (tertiary/aromatic N) is 4. The molecule has 0 radical (unpaired) electrons. The van der Waals surface area contributed by atoms with Crippen LogP contribution in [0.5, 0.6) is 0 Å². The molecule has 0 spiro atoms. The Hall–Kier alpha value is -3.03. The number of H-pyrrole nitrogens is 2. The highest BCUT2D eigenvalue weighted by molar-refractivity contribution is 5.93. The van der Waals surface area contributed by atoms with Crippen LogP contribution in [0, 0.1) is 12.7 Å². The molecule has 128 valence electrons. The van der Waals surface area contributed by atoms with Crippen molar-refractivity contribution in [3.63, 3.8) is 0 Å². The number of amides is 1. The number of hydrogen-bond donors (Lipinski definition) is 2. The van der Waals surface area contributed by atoms with Crippen molar-refractivity contribution < 1.29 is 9.18 Å². The van der Waals surface area contributed by atoms with Crippen LogP contribution in [-0.2, 0) is 0 Å². The lowest BCUT2D eigenvalue weighted by Crippen LogP contribution is -2.31. The van der Waals surface area contributed by atoms with Crippen LogP contribution in [0.3, 0.4) is 0 Å². The lowest BCUT2D eigenvalue weighted by atomic mass is 10.1. The molecule has 3 heterocycles. The number of aromatic nitrogens is 5. The third-order valence-electron chi connectivity index (χ3n) is 4.37. The molecule has 3 aromatic rings. The van der Waals surface area contributed by atoms with Gasteiger partial charge in [-0.3, -0.25) is 15.0 Å². The molecule has 0 bridgehead atoms. The smallest absolute Gasteiger partial charge is 0.272 e. The van der Waals surface area contributed by atoms with Crippen molar-refractivity contribution in [1.29, 1.82) is 0 Å². The first-order chi connectivity index (χ1) is 12.1. The third-order valence-corrected chi connectivity index (χ3v) is 4.37. The number of halogens is 1. The van der Waals surface area contributed by atoms with Gasteiger partial charge < -0.3 is 4.90 Å². The minimum atomic E-state index is -0.308. The monoisotopic (exact) mass is 340 g/mol. The molecule has 2 aromatic heterocycles. The van der Waals surface area contributed by atoms with Crippen LogP contribution in [-0.4, -0.2) is 42.7 Å². The summed E-state index contributed by atoms with van der Waals surface area (Å²) in [6, 6.07) is 7.56. The van der Waals surface area contributed by atoms with Gasteiger partial charge in [0.15, 0.2) is 5.82 Å². The van der Waals surface area contributed by atoms with Crippen molar-refractivity contribution in [2.45, 2.75) is 25.8 Å². The van der Waals surface area contributed by atoms with E-state index in [-0.39, 0.29) is 17.8 Å². The number of benzene rings is 1. The van der Waals surface area contributed by atoms with Gasteiger partial charge in [-0.15, -0.1) is 0 Å². The van der Waals surface area contributed by atoms with Gasteiger partial charge in [-0.25, -0.2) is 9.37 Å². The van der Waals surface area contributed by atoms with Crippen molar-refractivity contribution in [3.05, 3.63) is 53.5 Å². The Balaban J connectivity index is 1.57. The SMILES string of the molecule is Cc1nc(C2CCCN2C(=O)c2cc(-c3ccc(F)cc3)n[nH]2)n[nH]1. The van der Waals surface area contributed by atoms with Crippen molar-refractivity contribution >= 4 is 5.91 Å². The molecule has 7 nitrogen and oxygen atoms in total. The molecular formula is C17H17FN6O. The zero-order valence-corrected chi connectivity index (χ0v) is 13.7. The van der Waals surface area contributed by atoms with Crippen LogP contribution in [0.4, 0.5) is 4.39 Å². The fraction of sp³-hybridized carbons (Fsp3) is 0.294. The van der Waals surface area contributed by atoms with E-state index < -0.39 is 0 Å². The zero-order valence-electron chi connectivity index (χ0n) is 13.7. The van der Waals surface area contributed by atoms with Crippen LogP contribution in [0.1, 0.15) is 41.0 Å². The molecule has 1 amide bonds. The Bertz CT molecular complexity index is 900. The molecule has 1 aliphatic rings. The first kappa shape index (κ1) is 15.5. The fourth-order valence-corrected chi connectivity index (χ4v) is 3.14. The summed E-state index contributed by atoms with van der Waals surface area (Å²) in [5.41, 5.74) is 1.76. The first-order valence-electron chi connectivity index (χ1n) is 8.13. The number of carbonyl (C=O) groups excluding carboxylic acids is 1. The summed E-state index contributed by atoms with van der Waals surface area (Å²) in [5, 5.41) is 14.0. The minimum absolute atomic E-state index is 0.130. The fourth-order valence-electron chi connectivity index (χ4n) is 3.14. The van der Waals surface area contributed by atoms with Crippen LogP contribution < -0.4 is 0 Å². The lowest BCUT2D eigenvalue weighted by molar-refractivity contribution is 0.0724. The number of likely N-dealkylation sites (tertiary alicyclic amines) is 1. The average molecular weight is 340 g/mol. The highest BCUT2D eigenvalue weighted by Gasteiger charge is 2.33. The maximum Gasteiger partial charge on any atom is 0.272 e. The van der Waals surface area contributed by atoms with E-state index in [0.717, 1.165) is 24.2 Å². The Labute approximate surface area is 143 Å². The maximum atomic E-state index is 13.0. The standard InChI is InChI=1S/C17H17FN6O/c1-10-19-16(23-20-10)15-3-2-8-24(15)17(25)14-9-13(21-22-14)11-4-6-12(18)7-5-11/h4-7,9,15H,2-3,8H2,1H3,(H,21,22)(H,19,20,23). The van der Waals surface area contributed by atoms with Gasteiger partial charge >= 0.3 is 0 Å². The van der Waals surface area contributed by atoms with Gasteiger partial charge in [-0.1, -0.05) is 0 Å². The van der Waals surface area contributed by atoms with E-state index in [4.69, 9.17) is 0 Å². The second-order valence-electron chi connectivity index (χ2n) is 6.11. The van der Waals surface area contributed by atoms with E-state index in [1.807, 2.05) is 6.92 Å². The van der Waals surface area contributed by atoms with E-state index in [1.54, 1.807) is 23.1 Å². The second kappa shape index (κ2) is 6.12. The van der Waals surface area contributed by atoms with Crippen molar-refractivity contribution in [2.24, 2.45) is 0 Å². The first-order valence-corrected chi connectivity index (χ1v) is 8.13. The highest BCUT2D eigenvalue weighted by Crippen LogP contribution is 2.31. The largest absolute Gasteiger partial charge is 0.327 e. The van der Waals surface area contributed by atoms with Gasteiger partial charge in [0.2, 0.25) is 0 Å². The topological polar surface area (TPSA) is 90.6 Å². The maximum absolute atomic E-state index is 13.0. The molecule has 1 atom stereocenters. The van der Waals surface area contributed by atoms with Gasteiger partial charge in [-0.2, -0.15) is 10.2 Å². The van der Waals surface area contributed by atoms with Crippen LogP contribution in [0.15, 0.2) is 30.3 Å². The molecule has 1 saturated heterocycles. The van der Waals surface area contributed by atoms with Crippen molar-refractivity contribution in [2.75, 3.05) is 6.54 Å². The molecule has 25 heavy (non-hydrogen) atoms.